The van der Waals surface area contributed by atoms with Crippen LogP contribution in [0.4, 0.5) is 11.4 Å². The van der Waals surface area contributed by atoms with Crippen LogP contribution < -0.4 is 10.6 Å². The van der Waals surface area contributed by atoms with Crippen LogP contribution in [0.2, 0.25) is 0 Å². The van der Waals surface area contributed by atoms with Crippen LogP contribution in [-0.4, -0.2) is 23.4 Å². The van der Waals surface area contributed by atoms with Gasteiger partial charge in [0, 0.05) is 35.2 Å². The lowest BCUT2D eigenvalue weighted by Crippen LogP contribution is -2.10. The van der Waals surface area contributed by atoms with E-state index in [-0.39, 0.29) is 17.6 Å². The molecule has 0 spiro atoms. The number of anilines is 2. The molecule has 0 atom stereocenters. The van der Waals surface area contributed by atoms with E-state index in [1.165, 1.54) is 18.7 Å². The summed E-state index contributed by atoms with van der Waals surface area (Å²) in [4.78, 5) is 36.1. The van der Waals surface area contributed by atoms with Crippen molar-refractivity contribution in [2.75, 3.05) is 16.4 Å². The predicted octanol–water partition coefficient (Wildman–Crippen LogP) is 3.89. The molecular weight excluding hydrogens is 348 g/mol. The first-order valence-electron chi connectivity index (χ1n) is 8.48. The third-order valence-corrected chi connectivity index (χ3v) is 5.11. The molecule has 1 aliphatic rings. The number of rotatable bonds is 5. The minimum atomic E-state index is -0.111. The van der Waals surface area contributed by atoms with Gasteiger partial charge in [0.15, 0.2) is 5.78 Å². The molecule has 0 fully saturated rings. The largest absolute Gasteiger partial charge is 0.326 e. The summed E-state index contributed by atoms with van der Waals surface area (Å²) in [7, 11) is 0. The number of hydrogen-bond donors (Lipinski definition) is 2. The first-order chi connectivity index (χ1) is 12.5. The third-order valence-electron chi connectivity index (χ3n) is 4.10. The first kappa shape index (κ1) is 18.2. The van der Waals surface area contributed by atoms with Crippen molar-refractivity contribution in [1.29, 1.82) is 0 Å². The molecule has 1 heterocycles. The van der Waals surface area contributed by atoms with Gasteiger partial charge in [-0.1, -0.05) is 0 Å². The van der Waals surface area contributed by atoms with Crippen LogP contribution in [0.25, 0.3) is 0 Å². The number of hydrogen-bond acceptors (Lipinski definition) is 4. The van der Waals surface area contributed by atoms with Crippen LogP contribution in [0.15, 0.2) is 47.4 Å². The number of thioether (sulfide) groups is 1. The van der Waals surface area contributed by atoms with Crippen LogP contribution in [-0.2, 0) is 16.0 Å². The molecule has 26 heavy (non-hydrogen) atoms. The van der Waals surface area contributed by atoms with E-state index in [9.17, 15) is 14.4 Å². The Hall–Kier alpha value is -2.60. The normalized spacial score (nSPS) is 13.3. The van der Waals surface area contributed by atoms with Gasteiger partial charge in [0.05, 0.1) is 5.75 Å². The number of carbonyl (C=O) groups is 3. The SMILES string of the molecule is CC(=O)Nc1ccc(SCC(=O)c2ccc3c(c2)CCCC(=O)N3)cc1. The van der Waals surface area contributed by atoms with Gasteiger partial charge < -0.3 is 10.6 Å². The molecule has 0 saturated carbocycles. The van der Waals surface area contributed by atoms with Crippen molar-refractivity contribution in [2.45, 2.75) is 31.1 Å². The molecule has 2 N–H and O–H groups in total. The summed E-state index contributed by atoms with van der Waals surface area (Å²) >= 11 is 1.46. The number of ketones is 1. The molecule has 2 amide bonds. The van der Waals surface area contributed by atoms with E-state index in [0.29, 0.717) is 17.7 Å². The standard InChI is InChI=1S/C20H20N2O3S/c1-13(23)21-16-6-8-17(9-7-16)26-12-19(24)15-5-10-18-14(11-15)3-2-4-20(25)22-18/h5-11H,2-4,12H2,1H3,(H,21,23)(H,22,25). The van der Waals surface area contributed by atoms with E-state index in [0.717, 1.165) is 34.7 Å². The molecule has 1 aliphatic heterocycles. The van der Waals surface area contributed by atoms with Gasteiger partial charge in [-0.05, 0) is 60.9 Å². The Kier molecular flexibility index (Phi) is 5.73. The Bertz CT molecular complexity index is 847. The fraction of sp³-hybridized carbons (Fsp3) is 0.250. The lowest BCUT2D eigenvalue weighted by molar-refractivity contribution is -0.116. The Balaban J connectivity index is 1.62. The van der Waals surface area contributed by atoms with Gasteiger partial charge >= 0.3 is 0 Å². The zero-order valence-electron chi connectivity index (χ0n) is 14.5. The second-order valence-electron chi connectivity index (χ2n) is 6.19. The molecule has 5 nitrogen and oxygen atoms in total. The lowest BCUT2D eigenvalue weighted by Gasteiger charge is -2.09. The maximum absolute atomic E-state index is 12.5. The number of benzene rings is 2. The fourth-order valence-electron chi connectivity index (χ4n) is 2.82. The van der Waals surface area contributed by atoms with Crippen molar-refractivity contribution in [1.82, 2.24) is 0 Å². The Morgan fingerprint density at radius 3 is 2.62 bits per heavy atom. The highest BCUT2D eigenvalue weighted by molar-refractivity contribution is 8.00. The zero-order valence-corrected chi connectivity index (χ0v) is 15.3. The second kappa shape index (κ2) is 8.19. The highest BCUT2D eigenvalue weighted by Gasteiger charge is 2.15. The molecule has 0 radical (unpaired) electrons. The van der Waals surface area contributed by atoms with Gasteiger partial charge in [-0.2, -0.15) is 0 Å². The van der Waals surface area contributed by atoms with Crippen molar-refractivity contribution >= 4 is 40.7 Å². The van der Waals surface area contributed by atoms with Crippen molar-refractivity contribution in [3.05, 3.63) is 53.6 Å². The first-order valence-corrected chi connectivity index (χ1v) is 9.46. The van der Waals surface area contributed by atoms with Gasteiger partial charge in [-0.15, -0.1) is 11.8 Å². The van der Waals surface area contributed by atoms with E-state index in [1.807, 2.05) is 36.4 Å². The number of amides is 2. The monoisotopic (exact) mass is 368 g/mol. The molecule has 134 valence electrons. The quantitative estimate of drug-likeness (QED) is 0.620. The Labute approximate surface area is 156 Å². The summed E-state index contributed by atoms with van der Waals surface area (Å²) in [6.07, 6.45) is 2.11. The minimum Gasteiger partial charge on any atom is -0.326 e. The van der Waals surface area contributed by atoms with Crippen LogP contribution in [0, 0.1) is 0 Å². The molecule has 0 saturated heterocycles. The maximum atomic E-state index is 12.5. The molecule has 6 heteroatoms. The number of Topliss-reactive ketones (excluding diaryl/α,β-unsaturated/α-hetero) is 1. The van der Waals surface area contributed by atoms with Crippen molar-refractivity contribution in [2.24, 2.45) is 0 Å². The van der Waals surface area contributed by atoms with Crippen molar-refractivity contribution in [3.8, 4) is 0 Å². The Morgan fingerprint density at radius 2 is 1.88 bits per heavy atom. The molecule has 0 unspecified atom stereocenters. The van der Waals surface area contributed by atoms with Crippen molar-refractivity contribution < 1.29 is 14.4 Å². The van der Waals surface area contributed by atoms with Gasteiger partial charge in [0.25, 0.3) is 0 Å². The lowest BCUT2D eigenvalue weighted by atomic mass is 10.0. The van der Waals surface area contributed by atoms with E-state index in [4.69, 9.17) is 0 Å². The van der Waals surface area contributed by atoms with Crippen LogP contribution >= 0.6 is 11.8 Å². The van der Waals surface area contributed by atoms with Crippen LogP contribution in [0.5, 0.6) is 0 Å². The van der Waals surface area contributed by atoms with Gasteiger partial charge in [0.1, 0.15) is 0 Å². The summed E-state index contributed by atoms with van der Waals surface area (Å²) in [5, 5.41) is 5.59. The van der Waals surface area contributed by atoms with Crippen molar-refractivity contribution in [3.63, 3.8) is 0 Å². The molecule has 0 aromatic heterocycles. The molecular formula is C20H20N2O3S. The minimum absolute atomic E-state index is 0.0288. The van der Waals surface area contributed by atoms with Gasteiger partial charge in [-0.25, -0.2) is 0 Å². The van der Waals surface area contributed by atoms with Gasteiger partial charge in [-0.3, -0.25) is 14.4 Å². The molecule has 2 aromatic carbocycles. The zero-order chi connectivity index (χ0) is 18.5. The molecule has 0 aliphatic carbocycles. The summed E-state index contributed by atoms with van der Waals surface area (Å²) in [6, 6.07) is 12.9. The smallest absolute Gasteiger partial charge is 0.224 e. The molecule has 3 rings (SSSR count). The summed E-state index contributed by atoms with van der Waals surface area (Å²) in [5.74, 6) is 0.311. The summed E-state index contributed by atoms with van der Waals surface area (Å²) in [5.41, 5.74) is 3.24. The summed E-state index contributed by atoms with van der Waals surface area (Å²) < 4.78 is 0. The number of nitrogens with one attached hydrogen (secondary N) is 2. The van der Waals surface area contributed by atoms with E-state index in [2.05, 4.69) is 10.6 Å². The summed E-state index contributed by atoms with van der Waals surface area (Å²) in [6.45, 7) is 1.47. The van der Waals surface area contributed by atoms with Crippen LogP contribution in [0.1, 0.15) is 35.7 Å². The Morgan fingerprint density at radius 1 is 1.12 bits per heavy atom. The van der Waals surface area contributed by atoms with Gasteiger partial charge in [0.2, 0.25) is 11.8 Å². The predicted molar refractivity (Wildman–Crippen MR) is 104 cm³/mol. The number of aryl methyl sites for hydroxylation is 1. The van der Waals surface area contributed by atoms with E-state index >= 15 is 0 Å². The van der Waals surface area contributed by atoms with Crippen LogP contribution in [0.3, 0.4) is 0 Å². The second-order valence-corrected chi connectivity index (χ2v) is 7.24. The highest BCUT2D eigenvalue weighted by atomic mass is 32.2. The number of fused-ring (bicyclic) bond motifs is 1. The fourth-order valence-corrected chi connectivity index (χ4v) is 3.61. The third kappa shape index (κ3) is 4.73. The highest BCUT2D eigenvalue weighted by Crippen LogP contribution is 2.25. The molecule has 2 aromatic rings. The van der Waals surface area contributed by atoms with E-state index < -0.39 is 0 Å². The van der Waals surface area contributed by atoms with E-state index in [1.54, 1.807) is 6.07 Å². The average molecular weight is 368 g/mol. The number of carbonyl (C=O) groups excluding carboxylic acids is 3. The maximum Gasteiger partial charge on any atom is 0.224 e. The molecule has 0 bridgehead atoms. The topological polar surface area (TPSA) is 75.3 Å². The average Bonchev–Trinajstić information content (AvgIpc) is 2.80.